The van der Waals surface area contributed by atoms with Crippen molar-refractivity contribution in [1.29, 1.82) is 0 Å². The minimum absolute atomic E-state index is 0.0813. The Hall–Kier alpha value is -4.00. The molecule has 3 aromatic rings. The highest BCUT2D eigenvalue weighted by Gasteiger charge is 2.34. The number of amides is 1. The molecule has 1 N–H and O–H groups in total. The highest BCUT2D eigenvalue weighted by atomic mass is 16.5. The Bertz CT molecular complexity index is 1250. The number of anilines is 1. The van der Waals surface area contributed by atoms with Crippen molar-refractivity contribution >= 4 is 17.4 Å². The number of benzene rings is 3. The van der Waals surface area contributed by atoms with E-state index in [4.69, 9.17) is 14.2 Å². The Kier molecular flexibility index (Phi) is 9.40. The van der Waals surface area contributed by atoms with Crippen molar-refractivity contribution in [3.63, 3.8) is 0 Å². The van der Waals surface area contributed by atoms with Crippen molar-refractivity contribution in [2.45, 2.75) is 46.1 Å². The lowest BCUT2D eigenvalue weighted by atomic mass is 9.85. The van der Waals surface area contributed by atoms with Crippen LogP contribution in [0.3, 0.4) is 0 Å². The third-order valence-electron chi connectivity index (χ3n) is 6.15. The molecule has 3 aromatic carbocycles. The topological polar surface area (TPSA) is 85.3 Å². The van der Waals surface area contributed by atoms with Crippen LogP contribution < -0.4 is 19.1 Å². The van der Waals surface area contributed by atoms with Crippen LogP contribution >= 0.6 is 0 Å². The molecule has 0 fully saturated rings. The zero-order valence-electron chi connectivity index (χ0n) is 23.0. The second-order valence-electron chi connectivity index (χ2n) is 10.4. The van der Waals surface area contributed by atoms with E-state index in [1.165, 1.54) is 19.2 Å². The number of hydrogen-bond acceptors (Lipinski definition) is 6. The number of phenols is 1. The highest BCUT2D eigenvalue weighted by Crippen LogP contribution is 2.38. The van der Waals surface area contributed by atoms with E-state index in [1.807, 2.05) is 45.0 Å². The molecule has 7 nitrogen and oxygen atoms in total. The van der Waals surface area contributed by atoms with Crippen molar-refractivity contribution < 1.29 is 28.9 Å². The molecule has 3 rings (SSSR count). The molecule has 0 aliphatic rings. The number of nitrogens with zero attached hydrogens (tertiary/aromatic N) is 1. The van der Waals surface area contributed by atoms with Gasteiger partial charge in [-0.3, -0.25) is 14.5 Å². The average molecular weight is 520 g/mol. The standard InChI is InChI=1S/C31H37NO6/c1-31(2,3)20-26(34)30(22-11-14-24(33)15-12-22)32(23-13-16-27(37-5)28(19-23)38-6)29(35)17-10-21-8-7-9-25(18-21)36-4/h7-9,11-16,18-19,30,33H,10,17,20H2,1-6H3. The van der Waals surface area contributed by atoms with Crippen molar-refractivity contribution in [2.75, 3.05) is 26.2 Å². The summed E-state index contributed by atoms with van der Waals surface area (Å²) in [7, 11) is 4.67. The number of phenolic OH excluding ortho intramolecular Hbond substituents is 1. The number of methoxy groups -OCH3 is 3. The first kappa shape index (κ1) is 28.6. The van der Waals surface area contributed by atoms with Gasteiger partial charge in [0.25, 0.3) is 0 Å². The monoisotopic (exact) mass is 519 g/mol. The molecule has 1 unspecified atom stereocenters. The van der Waals surface area contributed by atoms with Crippen LogP contribution in [0.5, 0.6) is 23.0 Å². The molecule has 0 saturated carbocycles. The molecule has 0 bridgehead atoms. The van der Waals surface area contributed by atoms with Crippen LogP contribution in [-0.2, 0) is 16.0 Å². The Morgan fingerprint density at radius 1 is 0.868 bits per heavy atom. The SMILES string of the molecule is COc1cccc(CCC(=O)N(c2ccc(OC)c(OC)c2)C(C(=O)CC(C)(C)C)c2ccc(O)cc2)c1. The first-order chi connectivity index (χ1) is 18.1. The fourth-order valence-corrected chi connectivity index (χ4v) is 4.37. The molecule has 0 aliphatic carbocycles. The Balaban J connectivity index is 2.10. The third-order valence-corrected chi connectivity index (χ3v) is 6.15. The van der Waals surface area contributed by atoms with Crippen molar-refractivity contribution in [3.8, 4) is 23.0 Å². The maximum atomic E-state index is 14.0. The number of aromatic hydroxyl groups is 1. The minimum atomic E-state index is -0.897. The van der Waals surface area contributed by atoms with Gasteiger partial charge in [0.15, 0.2) is 17.3 Å². The van der Waals surface area contributed by atoms with Crippen LogP contribution in [0, 0.1) is 5.41 Å². The lowest BCUT2D eigenvalue weighted by Crippen LogP contribution is -2.40. The third kappa shape index (κ3) is 7.28. The molecule has 7 heteroatoms. The van der Waals surface area contributed by atoms with Crippen molar-refractivity contribution in [3.05, 3.63) is 77.9 Å². The molecule has 1 atom stereocenters. The molecule has 1 amide bonds. The molecule has 38 heavy (non-hydrogen) atoms. The van der Waals surface area contributed by atoms with E-state index in [9.17, 15) is 14.7 Å². The largest absolute Gasteiger partial charge is 0.508 e. The van der Waals surface area contributed by atoms with Gasteiger partial charge in [0, 0.05) is 24.6 Å². The van der Waals surface area contributed by atoms with Gasteiger partial charge in [-0.1, -0.05) is 45.0 Å². The molecule has 0 aliphatic heterocycles. The molecule has 202 valence electrons. The van der Waals surface area contributed by atoms with E-state index in [0.717, 1.165) is 5.56 Å². The van der Waals surface area contributed by atoms with Gasteiger partial charge in [0.1, 0.15) is 17.5 Å². The molecule has 0 radical (unpaired) electrons. The summed E-state index contributed by atoms with van der Waals surface area (Å²) in [4.78, 5) is 29.4. The first-order valence-electron chi connectivity index (χ1n) is 12.5. The Morgan fingerprint density at radius 2 is 1.55 bits per heavy atom. The molecular weight excluding hydrogens is 482 g/mol. The average Bonchev–Trinajstić information content (AvgIpc) is 2.89. The summed E-state index contributed by atoms with van der Waals surface area (Å²) in [6.07, 6.45) is 0.889. The summed E-state index contributed by atoms with van der Waals surface area (Å²) in [6.45, 7) is 5.97. The maximum Gasteiger partial charge on any atom is 0.228 e. The fraction of sp³-hybridized carbons (Fsp3) is 0.355. The number of hydrogen-bond donors (Lipinski definition) is 1. The predicted molar refractivity (Wildman–Crippen MR) is 148 cm³/mol. The van der Waals surface area contributed by atoms with Gasteiger partial charge < -0.3 is 19.3 Å². The molecule has 0 spiro atoms. The van der Waals surface area contributed by atoms with Gasteiger partial charge in [0.2, 0.25) is 5.91 Å². The minimum Gasteiger partial charge on any atom is -0.508 e. The van der Waals surface area contributed by atoms with Gasteiger partial charge in [-0.25, -0.2) is 0 Å². The number of aryl methyl sites for hydroxylation is 1. The lowest BCUT2D eigenvalue weighted by Gasteiger charge is -2.33. The van der Waals surface area contributed by atoms with Gasteiger partial charge >= 0.3 is 0 Å². The molecule has 0 aromatic heterocycles. The Labute approximate surface area is 225 Å². The number of rotatable bonds is 11. The van der Waals surface area contributed by atoms with Crippen LogP contribution in [0.2, 0.25) is 0 Å². The van der Waals surface area contributed by atoms with Crippen molar-refractivity contribution in [1.82, 2.24) is 0 Å². The van der Waals surface area contributed by atoms with Gasteiger partial charge in [-0.2, -0.15) is 0 Å². The smallest absolute Gasteiger partial charge is 0.228 e. The summed E-state index contributed by atoms with van der Waals surface area (Å²) in [5.74, 6) is 1.44. The molecular formula is C31H37NO6. The van der Waals surface area contributed by atoms with Crippen molar-refractivity contribution in [2.24, 2.45) is 5.41 Å². The van der Waals surface area contributed by atoms with E-state index in [0.29, 0.717) is 34.9 Å². The van der Waals surface area contributed by atoms with Crippen LogP contribution in [-0.4, -0.2) is 38.1 Å². The van der Waals surface area contributed by atoms with Crippen LogP contribution in [0.15, 0.2) is 66.7 Å². The van der Waals surface area contributed by atoms with E-state index < -0.39 is 6.04 Å². The maximum absolute atomic E-state index is 14.0. The predicted octanol–water partition coefficient (Wildman–Crippen LogP) is 6.13. The number of carbonyl (C=O) groups is 2. The molecule has 0 saturated heterocycles. The number of ether oxygens (including phenoxy) is 3. The quantitative estimate of drug-likeness (QED) is 0.328. The Morgan fingerprint density at radius 3 is 2.16 bits per heavy atom. The zero-order chi connectivity index (χ0) is 27.9. The summed E-state index contributed by atoms with van der Waals surface area (Å²) in [5.41, 5.74) is 1.78. The second-order valence-corrected chi connectivity index (χ2v) is 10.4. The van der Waals surface area contributed by atoms with E-state index in [-0.39, 0.29) is 35.7 Å². The summed E-state index contributed by atoms with van der Waals surface area (Å²) >= 11 is 0. The van der Waals surface area contributed by atoms with Crippen LogP contribution in [0.4, 0.5) is 5.69 Å². The summed E-state index contributed by atoms with van der Waals surface area (Å²) in [5, 5.41) is 9.90. The van der Waals surface area contributed by atoms with Gasteiger partial charge in [-0.15, -0.1) is 0 Å². The van der Waals surface area contributed by atoms with Crippen LogP contribution in [0.1, 0.15) is 50.8 Å². The van der Waals surface area contributed by atoms with Crippen LogP contribution in [0.25, 0.3) is 0 Å². The number of Topliss-reactive ketones (excluding diaryl/α,β-unsaturated/α-hetero) is 1. The molecule has 0 heterocycles. The zero-order valence-corrected chi connectivity index (χ0v) is 23.0. The van der Waals surface area contributed by atoms with E-state index in [1.54, 1.807) is 49.5 Å². The first-order valence-corrected chi connectivity index (χ1v) is 12.5. The second kappa shape index (κ2) is 12.5. The van der Waals surface area contributed by atoms with Gasteiger partial charge in [-0.05, 0) is 59.4 Å². The fourth-order valence-electron chi connectivity index (χ4n) is 4.37. The summed E-state index contributed by atoms with van der Waals surface area (Å²) in [6, 6.07) is 18.3. The normalized spacial score (nSPS) is 11.9. The number of ketones is 1. The van der Waals surface area contributed by atoms with Gasteiger partial charge in [0.05, 0.1) is 21.3 Å². The van der Waals surface area contributed by atoms with E-state index >= 15 is 0 Å². The highest BCUT2D eigenvalue weighted by molar-refractivity contribution is 6.02. The lowest BCUT2D eigenvalue weighted by molar-refractivity contribution is -0.126. The van der Waals surface area contributed by atoms with E-state index in [2.05, 4.69) is 0 Å². The summed E-state index contributed by atoms with van der Waals surface area (Å²) < 4.78 is 16.2. The number of carbonyl (C=O) groups excluding carboxylic acids is 2.